The highest BCUT2D eigenvalue weighted by molar-refractivity contribution is 7.43. The Morgan fingerprint density at radius 2 is 1.04 bits per heavy atom. The van der Waals surface area contributed by atoms with Gasteiger partial charge in [0.1, 0.15) is 22.1 Å². The molecular weight excluding hydrogens is 370 g/mol. The standard InChI is InChI=1S/C13H6F5S.BF4/c14-7-1-3-11-9(5-7)10-6-8(15)2-4-12(10)19(11)13(16,17)18;2-1(3,4)5/h1-6H;/q+1;-1. The van der Waals surface area contributed by atoms with Gasteiger partial charge in [-0.2, -0.15) is 0 Å². The molecule has 0 atom stereocenters. The van der Waals surface area contributed by atoms with Crippen LogP contribution in [-0.2, 0) is 5.51 Å². The second kappa shape index (κ2) is 6.19. The van der Waals surface area contributed by atoms with Crippen molar-refractivity contribution in [3.63, 3.8) is 0 Å². The van der Waals surface area contributed by atoms with Gasteiger partial charge in [-0.05, 0) is 24.3 Å². The maximum absolute atomic E-state index is 13.2. The van der Waals surface area contributed by atoms with Gasteiger partial charge in [-0.1, -0.05) is 0 Å². The predicted molar refractivity (Wildman–Crippen MR) is 75.3 cm³/mol. The minimum absolute atomic E-state index is 0.00509. The minimum Gasteiger partial charge on any atom is -0.418 e. The van der Waals surface area contributed by atoms with Gasteiger partial charge in [0.15, 0.2) is 9.40 Å². The maximum atomic E-state index is 13.2. The van der Waals surface area contributed by atoms with Gasteiger partial charge in [0.2, 0.25) is 0 Å². The fourth-order valence-electron chi connectivity index (χ4n) is 2.15. The number of hydrogen-bond acceptors (Lipinski definition) is 0. The quantitative estimate of drug-likeness (QED) is 0.230. The van der Waals surface area contributed by atoms with Crippen LogP contribution in [0, 0.1) is 11.6 Å². The number of alkyl halides is 3. The van der Waals surface area contributed by atoms with Gasteiger partial charge < -0.3 is 17.3 Å². The van der Waals surface area contributed by atoms with E-state index in [9.17, 15) is 39.2 Å². The van der Waals surface area contributed by atoms with Crippen LogP contribution >= 0.6 is 10.5 Å². The lowest BCUT2D eigenvalue weighted by Crippen LogP contribution is -2.02. The lowest BCUT2D eigenvalue weighted by molar-refractivity contribution is -0.0862. The Morgan fingerprint density at radius 3 is 1.33 bits per heavy atom. The SMILES string of the molecule is F[B-](F)(F)F.Fc1ccc2c(c1)c1cc(F)ccc1[s+]2C(F)(F)F. The van der Waals surface area contributed by atoms with Crippen molar-refractivity contribution in [3.05, 3.63) is 48.0 Å². The Kier molecular flexibility index (Phi) is 4.75. The summed E-state index contributed by atoms with van der Waals surface area (Å²) >= 11 is 0. The van der Waals surface area contributed by atoms with Crippen LogP contribution in [0.3, 0.4) is 0 Å². The highest BCUT2D eigenvalue weighted by Gasteiger charge is 2.47. The molecule has 0 spiro atoms. The first-order valence-corrected chi connectivity index (χ1v) is 7.38. The predicted octanol–water partition coefficient (Wildman–Crippen LogP) is 6.80. The zero-order chi connectivity index (χ0) is 18.3. The maximum Gasteiger partial charge on any atom is 0.673 e. The molecule has 130 valence electrons. The van der Waals surface area contributed by atoms with Crippen LogP contribution in [0.1, 0.15) is 0 Å². The molecule has 1 heterocycles. The summed E-state index contributed by atoms with van der Waals surface area (Å²) in [5.41, 5.74) is -4.46. The minimum atomic E-state index is -6.00. The van der Waals surface area contributed by atoms with E-state index in [4.69, 9.17) is 0 Å². The highest BCUT2D eigenvalue weighted by Crippen LogP contribution is 2.54. The molecule has 0 aliphatic heterocycles. The van der Waals surface area contributed by atoms with E-state index in [0.29, 0.717) is 0 Å². The number of hydrogen-bond donors (Lipinski definition) is 0. The molecule has 0 saturated heterocycles. The molecule has 0 aliphatic carbocycles. The summed E-state index contributed by atoms with van der Waals surface area (Å²) < 4.78 is 105. The molecule has 0 fully saturated rings. The molecule has 1 aromatic heterocycles. The van der Waals surface area contributed by atoms with Crippen molar-refractivity contribution in [1.29, 1.82) is 0 Å². The van der Waals surface area contributed by atoms with Gasteiger partial charge in [0, 0.05) is 12.1 Å². The first-order chi connectivity index (χ1) is 10.9. The van der Waals surface area contributed by atoms with Crippen molar-refractivity contribution in [2.24, 2.45) is 0 Å². The van der Waals surface area contributed by atoms with E-state index in [1.54, 1.807) is 0 Å². The summed E-state index contributed by atoms with van der Waals surface area (Å²) in [5.74, 6) is -1.27. The zero-order valence-electron chi connectivity index (χ0n) is 11.4. The van der Waals surface area contributed by atoms with Gasteiger partial charge in [-0.15, -0.1) is 13.2 Å². The Bertz CT molecular complexity index is 814. The molecule has 0 unspecified atom stereocenters. The van der Waals surface area contributed by atoms with Crippen molar-refractivity contribution in [1.82, 2.24) is 0 Å². The van der Waals surface area contributed by atoms with Gasteiger partial charge in [-0.3, -0.25) is 0 Å². The normalized spacial score (nSPS) is 12.4. The van der Waals surface area contributed by atoms with E-state index in [1.807, 2.05) is 0 Å². The van der Waals surface area contributed by atoms with Crippen LogP contribution in [0.4, 0.5) is 39.2 Å². The van der Waals surface area contributed by atoms with Crippen LogP contribution in [0.5, 0.6) is 0 Å². The van der Waals surface area contributed by atoms with Gasteiger partial charge >= 0.3 is 12.8 Å². The van der Waals surface area contributed by atoms with Crippen LogP contribution < -0.4 is 0 Å². The summed E-state index contributed by atoms with van der Waals surface area (Å²) in [4.78, 5) is 0. The van der Waals surface area contributed by atoms with Crippen molar-refractivity contribution in [3.8, 4) is 0 Å². The second-order valence-corrected chi connectivity index (χ2v) is 6.48. The summed E-state index contributed by atoms with van der Waals surface area (Å²) in [6, 6.07) is 6.27. The topological polar surface area (TPSA) is 0 Å². The smallest absolute Gasteiger partial charge is 0.418 e. The Hall–Kier alpha value is -1.91. The zero-order valence-corrected chi connectivity index (χ0v) is 12.2. The van der Waals surface area contributed by atoms with E-state index in [2.05, 4.69) is 0 Å². The van der Waals surface area contributed by atoms with Gasteiger partial charge in [-0.25, -0.2) is 8.78 Å². The average Bonchev–Trinajstić information content (AvgIpc) is 2.70. The Labute approximate surface area is 131 Å². The molecule has 24 heavy (non-hydrogen) atoms. The summed E-state index contributed by atoms with van der Waals surface area (Å²) in [5, 5.41) is 0.241. The third-order valence-electron chi connectivity index (χ3n) is 2.84. The Balaban J connectivity index is 0.000000368. The van der Waals surface area contributed by atoms with E-state index in [1.165, 1.54) is 0 Å². The van der Waals surface area contributed by atoms with Crippen LogP contribution in [-0.4, -0.2) is 7.25 Å². The number of rotatable bonds is 0. The molecular formula is C13H6BF9S. The third kappa shape index (κ3) is 4.13. The molecule has 0 nitrogen and oxygen atoms in total. The number of fused-ring (bicyclic) bond motifs is 3. The van der Waals surface area contributed by atoms with E-state index < -0.39 is 34.9 Å². The fourth-order valence-corrected chi connectivity index (χ4v) is 4.07. The monoisotopic (exact) mass is 376 g/mol. The molecule has 3 rings (SSSR count). The fraction of sp³-hybridized carbons (Fsp3) is 0.0769. The first-order valence-electron chi connectivity index (χ1n) is 6.16. The summed E-state index contributed by atoms with van der Waals surface area (Å²) in [7, 11) is -8.14. The van der Waals surface area contributed by atoms with Crippen molar-refractivity contribution >= 4 is 37.9 Å². The van der Waals surface area contributed by atoms with Gasteiger partial charge in [0.25, 0.3) is 0 Å². The van der Waals surface area contributed by atoms with Crippen molar-refractivity contribution in [2.45, 2.75) is 5.51 Å². The van der Waals surface area contributed by atoms with E-state index in [0.717, 1.165) is 36.4 Å². The second-order valence-electron chi connectivity index (χ2n) is 4.53. The molecule has 0 saturated carbocycles. The molecule has 0 radical (unpaired) electrons. The van der Waals surface area contributed by atoms with Crippen LogP contribution in [0.2, 0.25) is 0 Å². The summed E-state index contributed by atoms with van der Waals surface area (Å²) in [6.07, 6.45) is 0. The van der Waals surface area contributed by atoms with Crippen LogP contribution in [0.15, 0.2) is 36.4 Å². The third-order valence-corrected chi connectivity index (χ3v) is 4.90. The largest absolute Gasteiger partial charge is 0.673 e. The van der Waals surface area contributed by atoms with Crippen LogP contribution in [0.25, 0.3) is 20.2 Å². The molecule has 2 aromatic carbocycles. The average molecular weight is 376 g/mol. The molecule has 0 N–H and O–H groups in total. The van der Waals surface area contributed by atoms with E-state index >= 15 is 0 Å². The lowest BCUT2D eigenvalue weighted by Gasteiger charge is -1.96. The molecule has 0 bridgehead atoms. The van der Waals surface area contributed by atoms with E-state index in [-0.39, 0.29) is 20.2 Å². The Morgan fingerprint density at radius 1 is 0.708 bits per heavy atom. The molecule has 0 aliphatic rings. The van der Waals surface area contributed by atoms with Crippen molar-refractivity contribution in [2.75, 3.05) is 0 Å². The first kappa shape index (κ1) is 18.4. The molecule has 3 aromatic rings. The molecule has 11 heteroatoms. The van der Waals surface area contributed by atoms with Gasteiger partial charge in [0.05, 0.1) is 10.8 Å². The number of halogens is 9. The molecule has 0 amide bonds. The number of benzene rings is 2. The number of thiophene rings is 1. The lowest BCUT2D eigenvalue weighted by atomic mass is 10.1. The summed E-state index contributed by atoms with van der Waals surface area (Å²) in [6.45, 7) is 0. The van der Waals surface area contributed by atoms with Crippen molar-refractivity contribution < 1.29 is 39.2 Å². The highest BCUT2D eigenvalue weighted by atomic mass is 32.2.